The van der Waals surface area contributed by atoms with Gasteiger partial charge in [-0.15, -0.1) is 0 Å². The molecule has 0 aromatic rings. The molecule has 0 amide bonds. The van der Waals surface area contributed by atoms with E-state index >= 15 is 0 Å². The van der Waals surface area contributed by atoms with Crippen LogP contribution < -0.4 is 0 Å². The molecule has 0 saturated heterocycles. The fourth-order valence-corrected chi connectivity index (χ4v) is 10.6. The summed E-state index contributed by atoms with van der Waals surface area (Å²) in [4.78, 5) is 39.4. The predicted molar refractivity (Wildman–Crippen MR) is 86.8 cm³/mol. The molecule has 3 heteroatoms. The van der Waals surface area contributed by atoms with E-state index in [1.807, 2.05) is 0 Å². The van der Waals surface area contributed by atoms with Gasteiger partial charge in [-0.25, -0.2) is 0 Å². The highest BCUT2D eigenvalue weighted by Crippen LogP contribution is 2.97. The topological polar surface area (TPSA) is 51.2 Å². The minimum atomic E-state index is -0.381. The lowest BCUT2D eigenvalue weighted by molar-refractivity contribution is -0.246. The number of fused-ring (bicyclic) bond motifs is 1. The Bertz CT molecular complexity index is 880. The van der Waals surface area contributed by atoms with Crippen molar-refractivity contribution in [2.45, 2.75) is 6.42 Å². The molecule has 0 aliphatic heterocycles. The lowest BCUT2D eigenvalue weighted by Gasteiger charge is -2.76. The Labute approximate surface area is 145 Å². The van der Waals surface area contributed by atoms with Crippen LogP contribution in [0.15, 0.2) is 36.5 Å². The Balaban J connectivity index is 1.50. The van der Waals surface area contributed by atoms with E-state index in [1.165, 1.54) is 24.1 Å². The Morgan fingerprint density at radius 3 is 2.04 bits per heavy atom. The van der Waals surface area contributed by atoms with Gasteiger partial charge in [0.05, 0.1) is 0 Å². The van der Waals surface area contributed by atoms with E-state index in [0.717, 1.165) is 0 Å². The molecule has 9 aliphatic rings. The number of hydrogen-bond donors (Lipinski definition) is 0. The van der Waals surface area contributed by atoms with Gasteiger partial charge in [0.15, 0.2) is 11.6 Å². The summed E-state index contributed by atoms with van der Waals surface area (Å²) in [5, 5.41) is 0. The van der Waals surface area contributed by atoms with Crippen molar-refractivity contribution in [2.24, 2.45) is 70.0 Å². The summed E-state index contributed by atoms with van der Waals surface area (Å²) in [6.07, 6.45) is 8.53. The SMILES string of the molecule is C=C1C2C3CC4C2C(=O)C25C4C3C12[C@@H]1C=C[C@H]5[C@H]2C(=O)C=CC(=O)[C@H]21. The normalized spacial score (nSPS) is 68.2. The zero-order chi connectivity index (χ0) is 16.6. The highest BCUT2D eigenvalue weighted by Gasteiger charge is 2.98. The third-order valence-electron chi connectivity index (χ3n) is 10.4. The average Bonchev–Trinajstić information content (AvgIpc) is 3.14. The summed E-state index contributed by atoms with van der Waals surface area (Å²) in [5.74, 6) is 2.79. The Morgan fingerprint density at radius 1 is 0.800 bits per heavy atom. The molecule has 25 heavy (non-hydrogen) atoms. The van der Waals surface area contributed by atoms with Crippen LogP contribution in [-0.4, -0.2) is 17.3 Å². The van der Waals surface area contributed by atoms with Gasteiger partial charge < -0.3 is 0 Å². The maximum atomic E-state index is 13.8. The molecule has 0 aromatic carbocycles. The first-order valence-electron chi connectivity index (χ1n) is 9.75. The number of allylic oxidation sites excluding steroid dienone is 5. The van der Waals surface area contributed by atoms with Crippen LogP contribution in [0.25, 0.3) is 0 Å². The lowest BCUT2D eigenvalue weighted by Crippen LogP contribution is -2.78. The summed E-state index contributed by atoms with van der Waals surface area (Å²) in [6, 6.07) is 0. The summed E-state index contributed by atoms with van der Waals surface area (Å²) in [5.41, 5.74) is 0.733. The van der Waals surface area contributed by atoms with Gasteiger partial charge in [-0.1, -0.05) is 24.3 Å². The van der Waals surface area contributed by atoms with Gasteiger partial charge in [0.2, 0.25) is 0 Å². The molecule has 12 atom stereocenters. The largest absolute Gasteiger partial charge is 0.299 e. The Kier molecular flexibility index (Phi) is 1.54. The van der Waals surface area contributed by atoms with E-state index in [2.05, 4.69) is 18.7 Å². The molecule has 6 saturated carbocycles. The fraction of sp³-hybridized carbons (Fsp3) is 0.591. The van der Waals surface area contributed by atoms with Crippen LogP contribution >= 0.6 is 0 Å². The Hall–Kier alpha value is -1.77. The second-order valence-corrected chi connectivity index (χ2v) is 9.92. The van der Waals surface area contributed by atoms with Crippen LogP contribution in [0.4, 0.5) is 0 Å². The zero-order valence-electron chi connectivity index (χ0n) is 13.7. The van der Waals surface area contributed by atoms with E-state index in [-0.39, 0.29) is 52.0 Å². The van der Waals surface area contributed by atoms with Crippen molar-refractivity contribution in [2.75, 3.05) is 0 Å². The summed E-state index contributed by atoms with van der Waals surface area (Å²) < 4.78 is 0. The van der Waals surface area contributed by atoms with E-state index in [1.54, 1.807) is 0 Å². The van der Waals surface area contributed by atoms with E-state index in [9.17, 15) is 14.4 Å². The van der Waals surface area contributed by atoms with Crippen LogP contribution in [0.5, 0.6) is 0 Å². The fourth-order valence-electron chi connectivity index (χ4n) is 10.6. The third-order valence-corrected chi connectivity index (χ3v) is 10.4. The van der Waals surface area contributed by atoms with Gasteiger partial charge in [-0.05, 0) is 54.1 Å². The molecule has 4 bridgehead atoms. The molecule has 3 nitrogen and oxygen atoms in total. The summed E-state index contributed by atoms with van der Waals surface area (Å²) in [7, 11) is 0. The van der Waals surface area contributed by atoms with Gasteiger partial charge in [-0.3, -0.25) is 14.4 Å². The second kappa shape index (κ2) is 3.06. The minimum absolute atomic E-state index is 0.0203. The van der Waals surface area contributed by atoms with Gasteiger partial charge in [0.1, 0.15) is 5.78 Å². The predicted octanol–water partition coefficient (Wildman–Crippen LogP) is 2.00. The molecular formula is C22H18O3. The van der Waals surface area contributed by atoms with Crippen LogP contribution in [-0.2, 0) is 14.4 Å². The van der Waals surface area contributed by atoms with E-state index < -0.39 is 0 Å². The highest BCUT2D eigenvalue weighted by atomic mass is 16.1. The summed E-state index contributed by atoms with van der Waals surface area (Å²) >= 11 is 0. The zero-order valence-corrected chi connectivity index (χ0v) is 13.7. The van der Waals surface area contributed by atoms with Gasteiger partial charge in [0, 0.05) is 34.5 Å². The molecule has 0 radical (unpaired) electrons. The van der Waals surface area contributed by atoms with Crippen LogP contribution in [0.1, 0.15) is 6.42 Å². The first-order chi connectivity index (χ1) is 12.1. The first-order valence-corrected chi connectivity index (χ1v) is 9.75. The van der Waals surface area contributed by atoms with Crippen molar-refractivity contribution in [1.29, 1.82) is 0 Å². The number of carbonyl (C=O) groups is 3. The van der Waals surface area contributed by atoms with E-state index in [4.69, 9.17) is 0 Å². The monoisotopic (exact) mass is 330 g/mol. The molecule has 0 N–H and O–H groups in total. The van der Waals surface area contributed by atoms with Gasteiger partial charge in [-0.2, -0.15) is 0 Å². The average molecular weight is 330 g/mol. The van der Waals surface area contributed by atoms with Crippen molar-refractivity contribution < 1.29 is 14.4 Å². The molecule has 2 spiro atoms. The molecule has 9 aliphatic carbocycles. The molecule has 9 rings (SSSR count). The molecule has 0 heterocycles. The van der Waals surface area contributed by atoms with Crippen LogP contribution in [0.2, 0.25) is 0 Å². The smallest absolute Gasteiger partial charge is 0.160 e. The summed E-state index contributed by atoms with van der Waals surface area (Å²) in [6.45, 7) is 4.58. The maximum absolute atomic E-state index is 13.8. The highest BCUT2D eigenvalue weighted by molar-refractivity contribution is 6.10. The number of rotatable bonds is 0. The van der Waals surface area contributed by atoms with Crippen LogP contribution in [0.3, 0.4) is 0 Å². The van der Waals surface area contributed by atoms with Crippen molar-refractivity contribution in [1.82, 2.24) is 0 Å². The number of ketones is 3. The molecule has 8 unspecified atom stereocenters. The third kappa shape index (κ3) is 0.763. The first kappa shape index (κ1) is 12.6. The number of hydrogen-bond acceptors (Lipinski definition) is 3. The van der Waals surface area contributed by atoms with E-state index in [0.29, 0.717) is 35.4 Å². The number of carbonyl (C=O) groups excluding carboxylic acids is 3. The van der Waals surface area contributed by atoms with Crippen molar-refractivity contribution in [3.8, 4) is 0 Å². The Morgan fingerprint density at radius 2 is 1.36 bits per heavy atom. The standard InChI is InChI=1S/C22H18O3/c1-7-14-8-6-9-15(14)20(25)22-11-3-2-10(21(7,22)18(8)19(9)22)16-12(23)4-5-13(24)17(11)16/h2-5,8-11,14-19H,1,6H2/t8?,9?,10-,11+,14?,15?,16-,17+,18?,19?,21?,22?/m1/s1. The maximum Gasteiger partial charge on any atom is 0.160 e. The number of Topliss-reactive ketones (excluding diaryl/α,β-unsaturated/α-hetero) is 1. The lowest BCUT2D eigenvalue weighted by atomic mass is 9.25. The van der Waals surface area contributed by atoms with Crippen molar-refractivity contribution in [3.63, 3.8) is 0 Å². The van der Waals surface area contributed by atoms with Gasteiger partial charge >= 0.3 is 0 Å². The quantitative estimate of drug-likeness (QED) is 0.638. The second-order valence-electron chi connectivity index (χ2n) is 9.92. The van der Waals surface area contributed by atoms with Crippen molar-refractivity contribution in [3.05, 3.63) is 36.5 Å². The molecule has 124 valence electrons. The molecular weight excluding hydrogens is 312 g/mol. The van der Waals surface area contributed by atoms with Crippen molar-refractivity contribution >= 4 is 17.3 Å². The molecule has 6 fully saturated rings. The molecule has 0 aromatic heterocycles. The van der Waals surface area contributed by atoms with Gasteiger partial charge in [0.25, 0.3) is 0 Å². The van der Waals surface area contributed by atoms with Crippen LogP contribution in [0, 0.1) is 70.0 Å². The minimum Gasteiger partial charge on any atom is -0.299 e.